The third-order valence-corrected chi connectivity index (χ3v) is 2.45. The second-order valence-corrected chi connectivity index (χ2v) is 3.33. The molecule has 1 aromatic heterocycles. The van der Waals surface area contributed by atoms with Crippen molar-refractivity contribution in [2.45, 2.75) is 0 Å². The van der Waals surface area contributed by atoms with Gasteiger partial charge in [0.2, 0.25) is 0 Å². The van der Waals surface area contributed by atoms with E-state index in [0.717, 1.165) is 21.7 Å². The maximum absolute atomic E-state index is 11.1. The summed E-state index contributed by atoms with van der Waals surface area (Å²) in [5.74, 6) is 0. The number of benzene rings is 2. The molecule has 0 bridgehead atoms. The van der Waals surface area contributed by atoms with Crippen LogP contribution in [0.3, 0.4) is 0 Å². The van der Waals surface area contributed by atoms with Crippen LogP contribution in [0.2, 0.25) is 0 Å². The fourth-order valence-corrected chi connectivity index (χ4v) is 1.77. The number of fused-ring (bicyclic) bond motifs is 3. The summed E-state index contributed by atoms with van der Waals surface area (Å²) in [6, 6.07) is 9.04. The fourth-order valence-electron chi connectivity index (χ4n) is 1.77. The Morgan fingerprint density at radius 1 is 1.00 bits per heavy atom. The fraction of sp³-hybridized carbons (Fsp3) is 0. The number of nitrogens with one attached hydrogen (secondary N) is 2. The number of hydrogen-bond donors (Lipinski definition) is 2. The Morgan fingerprint density at radius 2 is 1.86 bits per heavy atom. The van der Waals surface area contributed by atoms with Crippen molar-refractivity contribution >= 4 is 21.7 Å². The van der Waals surface area contributed by atoms with E-state index < -0.39 is 0 Å². The summed E-state index contributed by atoms with van der Waals surface area (Å²) in [6.45, 7) is 0. The summed E-state index contributed by atoms with van der Waals surface area (Å²) in [5, 5.41) is 9.16. The van der Waals surface area contributed by atoms with Crippen molar-refractivity contribution in [2.24, 2.45) is 0 Å². The molecule has 0 aliphatic heterocycles. The van der Waals surface area contributed by atoms with E-state index in [1.165, 1.54) is 0 Å². The first-order chi connectivity index (χ1) is 6.84. The van der Waals surface area contributed by atoms with E-state index in [2.05, 4.69) is 10.2 Å². The first kappa shape index (κ1) is 7.38. The Balaban J connectivity index is 2.63. The van der Waals surface area contributed by atoms with Crippen LogP contribution in [-0.4, -0.2) is 10.2 Å². The van der Waals surface area contributed by atoms with Gasteiger partial charge >= 0.3 is 0 Å². The molecule has 0 atom stereocenters. The Labute approximate surface area is 79.4 Å². The monoisotopic (exact) mass is 184 g/mol. The first-order valence-corrected chi connectivity index (χ1v) is 4.43. The molecule has 0 aliphatic rings. The van der Waals surface area contributed by atoms with Gasteiger partial charge in [0.15, 0.2) is 5.43 Å². The van der Waals surface area contributed by atoms with Gasteiger partial charge in [0.25, 0.3) is 0 Å². The van der Waals surface area contributed by atoms with Gasteiger partial charge in [0, 0.05) is 17.0 Å². The van der Waals surface area contributed by atoms with E-state index in [9.17, 15) is 4.79 Å². The summed E-state index contributed by atoms with van der Waals surface area (Å²) in [6.07, 6.45) is 1.90. The molecule has 2 N–H and O–H groups in total. The van der Waals surface area contributed by atoms with Crippen LogP contribution in [0.4, 0.5) is 0 Å². The predicted molar refractivity (Wildman–Crippen MR) is 56.4 cm³/mol. The van der Waals surface area contributed by atoms with E-state index in [4.69, 9.17) is 0 Å². The zero-order valence-electron chi connectivity index (χ0n) is 7.37. The summed E-state index contributed by atoms with van der Waals surface area (Å²) in [7, 11) is 0. The molecule has 2 aromatic carbocycles. The molecule has 0 aliphatic carbocycles. The maximum Gasteiger partial charge on any atom is 0.179 e. The Morgan fingerprint density at radius 3 is 2.79 bits per heavy atom. The van der Waals surface area contributed by atoms with Crippen LogP contribution in [0.5, 0.6) is 0 Å². The van der Waals surface area contributed by atoms with Crippen molar-refractivity contribution in [2.75, 3.05) is 0 Å². The van der Waals surface area contributed by atoms with Crippen molar-refractivity contribution < 1.29 is 0 Å². The summed E-state index contributed by atoms with van der Waals surface area (Å²) >= 11 is 0. The Hall–Kier alpha value is -2.03. The van der Waals surface area contributed by atoms with Crippen molar-refractivity contribution in [3.63, 3.8) is 0 Å². The van der Waals surface area contributed by atoms with Gasteiger partial charge in [-0.05, 0) is 23.6 Å². The quantitative estimate of drug-likeness (QED) is 0.551. The van der Waals surface area contributed by atoms with E-state index in [0.29, 0.717) is 0 Å². The van der Waals surface area contributed by atoms with Crippen LogP contribution < -0.4 is 5.43 Å². The topological polar surface area (TPSA) is 48.6 Å². The molecule has 0 saturated carbocycles. The molecule has 0 spiro atoms. The molecule has 3 aromatic rings. The number of H-pyrrole nitrogens is 2. The molecule has 0 saturated heterocycles. The molecule has 1 heterocycles. The van der Waals surface area contributed by atoms with Crippen LogP contribution in [0.25, 0.3) is 21.7 Å². The minimum absolute atomic E-state index is 0.0485. The minimum Gasteiger partial charge on any atom is -0.307 e. The zero-order chi connectivity index (χ0) is 9.54. The number of aromatic amines is 2. The third-order valence-electron chi connectivity index (χ3n) is 2.45. The first-order valence-electron chi connectivity index (χ1n) is 4.43. The summed E-state index contributed by atoms with van der Waals surface area (Å²) < 4.78 is 0. The van der Waals surface area contributed by atoms with Gasteiger partial charge in [0.05, 0.1) is 5.52 Å². The van der Waals surface area contributed by atoms with Crippen molar-refractivity contribution in [1.29, 1.82) is 0 Å². The van der Waals surface area contributed by atoms with Crippen LogP contribution in [0.15, 0.2) is 41.3 Å². The highest BCUT2D eigenvalue weighted by Crippen LogP contribution is 2.21. The van der Waals surface area contributed by atoms with Crippen molar-refractivity contribution in [3.05, 3.63) is 46.8 Å². The van der Waals surface area contributed by atoms with E-state index in [1.807, 2.05) is 24.4 Å². The second kappa shape index (κ2) is 2.48. The lowest BCUT2D eigenvalue weighted by Gasteiger charge is -1.96. The molecule has 0 fully saturated rings. The largest absolute Gasteiger partial charge is 0.307 e. The minimum atomic E-state index is 0.0485. The Kier molecular flexibility index (Phi) is 1.31. The molecule has 0 radical (unpaired) electrons. The van der Waals surface area contributed by atoms with E-state index >= 15 is 0 Å². The molecule has 68 valence electrons. The standard InChI is InChI=1S/C11H8N2O/c14-9-3-4-10-7(5-9)1-2-8-6-12-13-11(8)10/h1-6,12-13H. The van der Waals surface area contributed by atoms with Crippen LogP contribution in [-0.2, 0) is 0 Å². The molecule has 3 rings (SSSR count). The lowest BCUT2D eigenvalue weighted by molar-refractivity contribution is 1.12. The van der Waals surface area contributed by atoms with Crippen LogP contribution in [0.1, 0.15) is 0 Å². The van der Waals surface area contributed by atoms with Crippen LogP contribution >= 0.6 is 0 Å². The molecule has 14 heavy (non-hydrogen) atoms. The average Bonchev–Trinajstić information content (AvgIpc) is 2.65. The SMILES string of the molecule is O=c1ccc2c(ccc3c[nH][nH]c32)c1. The molecular formula is C11H8N2O. The number of aromatic nitrogens is 2. The second-order valence-electron chi connectivity index (χ2n) is 3.33. The zero-order valence-corrected chi connectivity index (χ0v) is 7.37. The van der Waals surface area contributed by atoms with Crippen LogP contribution in [0, 0.1) is 0 Å². The summed E-state index contributed by atoms with van der Waals surface area (Å²) in [4.78, 5) is 11.1. The number of rotatable bonds is 0. The van der Waals surface area contributed by atoms with E-state index in [-0.39, 0.29) is 5.43 Å². The van der Waals surface area contributed by atoms with Gasteiger partial charge in [-0.1, -0.05) is 12.1 Å². The van der Waals surface area contributed by atoms with Gasteiger partial charge in [0.1, 0.15) is 0 Å². The molecule has 3 heteroatoms. The highest BCUT2D eigenvalue weighted by Gasteiger charge is 2.00. The molecular weight excluding hydrogens is 176 g/mol. The Bertz CT molecular complexity index is 663. The van der Waals surface area contributed by atoms with Gasteiger partial charge in [-0.15, -0.1) is 0 Å². The summed E-state index contributed by atoms with van der Waals surface area (Å²) in [5.41, 5.74) is 1.09. The highest BCUT2D eigenvalue weighted by molar-refractivity contribution is 6.04. The lowest BCUT2D eigenvalue weighted by Crippen LogP contribution is -1.94. The van der Waals surface area contributed by atoms with Gasteiger partial charge < -0.3 is 10.2 Å². The van der Waals surface area contributed by atoms with Gasteiger partial charge in [-0.2, -0.15) is 0 Å². The highest BCUT2D eigenvalue weighted by atomic mass is 16.1. The number of hydrogen-bond acceptors (Lipinski definition) is 1. The molecule has 3 nitrogen and oxygen atoms in total. The molecule has 0 amide bonds. The predicted octanol–water partition coefficient (Wildman–Crippen LogP) is 2.01. The smallest absolute Gasteiger partial charge is 0.179 e. The van der Waals surface area contributed by atoms with Crippen molar-refractivity contribution in [1.82, 2.24) is 10.2 Å². The van der Waals surface area contributed by atoms with Crippen molar-refractivity contribution in [3.8, 4) is 0 Å². The maximum atomic E-state index is 11.1. The normalized spacial score (nSPS) is 11.1. The molecule has 0 unspecified atom stereocenters. The third kappa shape index (κ3) is 0.893. The van der Waals surface area contributed by atoms with Gasteiger partial charge in [-0.3, -0.25) is 4.79 Å². The average molecular weight is 184 g/mol. The lowest BCUT2D eigenvalue weighted by atomic mass is 10.1. The van der Waals surface area contributed by atoms with Gasteiger partial charge in [-0.25, -0.2) is 0 Å². The van der Waals surface area contributed by atoms with E-state index in [1.54, 1.807) is 12.1 Å².